The highest BCUT2D eigenvalue weighted by Gasteiger charge is 2.20. The van der Waals surface area contributed by atoms with Gasteiger partial charge in [-0.15, -0.1) is 0 Å². The molecule has 0 aliphatic carbocycles. The molecule has 0 bridgehead atoms. The van der Waals surface area contributed by atoms with E-state index >= 15 is 0 Å². The Hall–Kier alpha value is -3.13. The Labute approximate surface area is 162 Å². The molecule has 1 aromatic heterocycles. The molecule has 2 aromatic carbocycles. The maximum atomic E-state index is 12.5. The zero-order valence-electron chi connectivity index (χ0n) is 15.9. The zero-order chi connectivity index (χ0) is 20.6. The van der Waals surface area contributed by atoms with Gasteiger partial charge < -0.3 is 4.42 Å². The van der Waals surface area contributed by atoms with E-state index in [0.29, 0.717) is 11.1 Å². The highest BCUT2D eigenvalue weighted by atomic mass is 32.2. The fraction of sp³-hybridized carbons (Fsp3) is 0.200. The molecular formula is C20H20N2O5S. The molecule has 0 unspecified atom stereocenters. The molecule has 3 aromatic rings. The molecule has 146 valence electrons. The van der Waals surface area contributed by atoms with Gasteiger partial charge in [-0.1, -0.05) is 12.1 Å². The number of hydrazine groups is 1. The highest BCUT2D eigenvalue weighted by Crippen LogP contribution is 2.30. The molecule has 28 heavy (non-hydrogen) atoms. The number of carbonyl (C=O) groups excluding carboxylic acids is 2. The molecule has 3 rings (SSSR count). The number of carbonyl (C=O) groups is 2. The Morgan fingerprint density at radius 2 is 1.43 bits per heavy atom. The van der Waals surface area contributed by atoms with Crippen molar-refractivity contribution in [3.63, 3.8) is 0 Å². The zero-order valence-corrected chi connectivity index (χ0v) is 16.7. The monoisotopic (exact) mass is 400 g/mol. The van der Waals surface area contributed by atoms with E-state index in [0.717, 1.165) is 22.8 Å². The van der Waals surface area contributed by atoms with Crippen molar-refractivity contribution in [1.29, 1.82) is 0 Å². The van der Waals surface area contributed by atoms with E-state index in [1.54, 1.807) is 6.92 Å². The molecule has 0 atom stereocenters. The van der Waals surface area contributed by atoms with E-state index < -0.39 is 21.7 Å². The fourth-order valence-corrected chi connectivity index (χ4v) is 3.62. The van der Waals surface area contributed by atoms with Crippen LogP contribution in [-0.2, 0) is 9.84 Å². The minimum Gasteiger partial charge on any atom is -0.450 e. The number of benzene rings is 2. The first kappa shape index (κ1) is 19.6. The first-order valence-electron chi connectivity index (χ1n) is 8.49. The van der Waals surface area contributed by atoms with E-state index in [1.165, 1.54) is 24.3 Å². The molecule has 7 nitrogen and oxygen atoms in total. The summed E-state index contributed by atoms with van der Waals surface area (Å²) in [4.78, 5) is 24.8. The number of sulfone groups is 1. The van der Waals surface area contributed by atoms with Crippen LogP contribution >= 0.6 is 0 Å². The van der Waals surface area contributed by atoms with E-state index in [4.69, 9.17) is 4.42 Å². The van der Waals surface area contributed by atoms with Gasteiger partial charge in [0.2, 0.25) is 0 Å². The highest BCUT2D eigenvalue weighted by molar-refractivity contribution is 7.90. The summed E-state index contributed by atoms with van der Waals surface area (Å²) in [6, 6.07) is 9.30. The topological polar surface area (TPSA) is 105 Å². The number of nitrogens with one attached hydrogen (secondary N) is 2. The van der Waals surface area contributed by atoms with E-state index in [2.05, 4.69) is 10.9 Å². The van der Waals surface area contributed by atoms with Crippen molar-refractivity contribution >= 4 is 32.6 Å². The number of rotatable bonds is 3. The Morgan fingerprint density at radius 1 is 0.857 bits per heavy atom. The van der Waals surface area contributed by atoms with Gasteiger partial charge in [-0.25, -0.2) is 8.42 Å². The number of fused-ring (bicyclic) bond motifs is 1. The summed E-state index contributed by atoms with van der Waals surface area (Å²) >= 11 is 0. The Balaban J connectivity index is 1.76. The Kier molecular flexibility index (Phi) is 4.99. The predicted molar refractivity (Wildman–Crippen MR) is 105 cm³/mol. The number of hydrogen-bond acceptors (Lipinski definition) is 5. The van der Waals surface area contributed by atoms with Crippen molar-refractivity contribution in [3.8, 4) is 0 Å². The van der Waals surface area contributed by atoms with E-state index in [1.807, 2.05) is 26.0 Å². The summed E-state index contributed by atoms with van der Waals surface area (Å²) in [5, 5.41) is 0.882. The second kappa shape index (κ2) is 7.12. The summed E-state index contributed by atoms with van der Waals surface area (Å²) in [6.07, 6.45) is 1.08. The van der Waals surface area contributed by atoms with Crippen LogP contribution in [0.25, 0.3) is 11.0 Å². The number of hydrogen-bond donors (Lipinski definition) is 2. The van der Waals surface area contributed by atoms with Crippen LogP contribution in [0.4, 0.5) is 0 Å². The van der Waals surface area contributed by atoms with Gasteiger partial charge in [0.05, 0.1) is 4.90 Å². The molecule has 0 saturated carbocycles. The molecule has 1 heterocycles. The van der Waals surface area contributed by atoms with Crippen LogP contribution in [0.2, 0.25) is 0 Å². The molecule has 0 saturated heterocycles. The van der Waals surface area contributed by atoms with Crippen LogP contribution in [0.5, 0.6) is 0 Å². The second-order valence-corrected chi connectivity index (χ2v) is 8.68. The van der Waals surface area contributed by atoms with Gasteiger partial charge in [0, 0.05) is 22.8 Å². The molecule has 0 spiro atoms. The van der Waals surface area contributed by atoms with Gasteiger partial charge in [0.15, 0.2) is 15.6 Å². The average molecular weight is 400 g/mol. The van der Waals surface area contributed by atoms with Gasteiger partial charge in [0.25, 0.3) is 5.91 Å². The Morgan fingerprint density at radius 3 is 2.00 bits per heavy atom. The van der Waals surface area contributed by atoms with Gasteiger partial charge in [-0.05, 0) is 56.2 Å². The summed E-state index contributed by atoms with van der Waals surface area (Å²) < 4.78 is 28.7. The molecule has 0 radical (unpaired) electrons. The maximum absolute atomic E-state index is 12.5. The molecule has 0 fully saturated rings. The fourth-order valence-electron chi connectivity index (χ4n) is 2.99. The van der Waals surface area contributed by atoms with Crippen molar-refractivity contribution in [1.82, 2.24) is 10.9 Å². The van der Waals surface area contributed by atoms with Gasteiger partial charge >= 0.3 is 5.91 Å². The molecular weight excluding hydrogens is 380 g/mol. The molecule has 2 amide bonds. The lowest BCUT2D eigenvalue weighted by Crippen LogP contribution is -2.41. The smallest absolute Gasteiger partial charge is 0.305 e. The number of furan rings is 1. The first-order valence-corrected chi connectivity index (χ1v) is 10.4. The van der Waals surface area contributed by atoms with Crippen molar-refractivity contribution < 1.29 is 22.4 Å². The molecule has 8 heteroatoms. The lowest BCUT2D eigenvalue weighted by molar-refractivity contribution is 0.0831. The quantitative estimate of drug-likeness (QED) is 0.658. The third-order valence-corrected chi connectivity index (χ3v) is 5.65. The maximum Gasteiger partial charge on any atom is 0.305 e. The van der Waals surface area contributed by atoms with E-state index in [9.17, 15) is 18.0 Å². The minimum atomic E-state index is -3.35. The third kappa shape index (κ3) is 3.63. The first-order chi connectivity index (χ1) is 13.1. The van der Waals surface area contributed by atoms with Crippen molar-refractivity contribution in [2.24, 2.45) is 0 Å². The van der Waals surface area contributed by atoms with Crippen molar-refractivity contribution in [2.75, 3.05) is 6.26 Å². The summed E-state index contributed by atoms with van der Waals surface area (Å²) in [6.45, 7) is 5.63. The number of aryl methyl sites for hydroxylation is 3. The van der Waals surface area contributed by atoms with E-state index in [-0.39, 0.29) is 16.2 Å². The minimum absolute atomic E-state index is 0.108. The average Bonchev–Trinajstić information content (AvgIpc) is 3.00. The Bertz CT molecular complexity index is 1190. The van der Waals surface area contributed by atoms with Crippen LogP contribution in [0, 0.1) is 20.8 Å². The lowest BCUT2D eigenvalue weighted by Gasteiger charge is -2.07. The molecule has 0 aliphatic heterocycles. The predicted octanol–water partition coefficient (Wildman–Crippen LogP) is 2.84. The van der Waals surface area contributed by atoms with Gasteiger partial charge in [-0.2, -0.15) is 0 Å². The van der Waals surface area contributed by atoms with Gasteiger partial charge in [-0.3, -0.25) is 20.4 Å². The largest absolute Gasteiger partial charge is 0.450 e. The van der Waals surface area contributed by atoms with Crippen LogP contribution in [0.15, 0.2) is 45.7 Å². The van der Waals surface area contributed by atoms with Crippen LogP contribution in [0.1, 0.15) is 37.6 Å². The number of amides is 2. The SMILES string of the molecule is Cc1ccc(C)c2c(C)c(C(=O)NNC(=O)c3ccc(S(C)(=O)=O)cc3)oc12. The molecule has 2 N–H and O–H groups in total. The van der Waals surface area contributed by atoms with Crippen molar-refractivity contribution in [3.05, 3.63) is 64.4 Å². The normalized spacial score (nSPS) is 11.4. The van der Waals surface area contributed by atoms with Crippen molar-refractivity contribution in [2.45, 2.75) is 25.7 Å². The van der Waals surface area contributed by atoms with Crippen LogP contribution < -0.4 is 10.9 Å². The summed E-state index contributed by atoms with van der Waals surface area (Å²) in [5.74, 6) is -1.02. The van der Waals surface area contributed by atoms with Crippen LogP contribution in [-0.4, -0.2) is 26.5 Å². The van der Waals surface area contributed by atoms with Crippen LogP contribution in [0.3, 0.4) is 0 Å². The lowest BCUT2D eigenvalue weighted by atomic mass is 10.0. The molecule has 0 aliphatic rings. The third-order valence-electron chi connectivity index (χ3n) is 4.52. The van der Waals surface area contributed by atoms with Gasteiger partial charge in [0.1, 0.15) is 5.58 Å². The summed E-state index contributed by atoms with van der Waals surface area (Å²) in [5.41, 5.74) is 8.10. The second-order valence-electron chi connectivity index (χ2n) is 6.66. The standard InChI is InChI=1S/C20H20N2O5S/c1-11-5-6-12(2)17-16(11)13(3)18(27-17)20(24)22-21-19(23)14-7-9-15(10-8-14)28(4,25)26/h5-10H,1-4H3,(H,21,23)(H,22,24). The summed E-state index contributed by atoms with van der Waals surface area (Å²) in [7, 11) is -3.35.